The number of hydrogen-bond acceptors (Lipinski definition) is 6. The van der Waals surface area contributed by atoms with Gasteiger partial charge >= 0.3 is 5.97 Å². The highest BCUT2D eigenvalue weighted by atomic mass is 32.2. The molecule has 134 valence electrons. The van der Waals surface area contributed by atoms with Crippen molar-refractivity contribution < 1.29 is 19.4 Å². The van der Waals surface area contributed by atoms with Gasteiger partial charge in [-0.25, -0.2) is 4.79 Å². The van der Waals surface area contributed by atoms with Crippen LogP contribution in [-0.2, 0) is 9.59 Å². The molecule has 1 aromatic rings. The summed E-state index contributed by atoms with van der Waals surface area (Å²) < 4.78 is 5.68. The Balaban J connectivity index is 2.20. The molecule has 1 aliphatic rings. The lowest BCUT2D eigenvalue weighted by molar-refractivity contribution is -0.145. The van der Waals surface area contributed by atoms with Crippen molar-refractivity contribution in [2.45, 2.75) is 19.4 Å². The quantitative estimate of drug-likeness (QED) is 0.532. The lowest BCUT2D eigenvalue weighted by Gasteiger charge is -2.22. The average Bonchev–Trinajstić information content (AvgIpc) is 2.84. The summed E-state index contributed by atoms with van der Waals surface area (Å²) in [6.07, 6.45) is 3.98. The van der Waals surface area contributed by atoms with Gasteiger partial charge in [-0.05, 0) is 49.1 Å². The number of carbonyl (C=O) groups excluding carboxylic acids is 1. The summed E-state index contributed by atoms with van der Waals surface area (Å²) in [5.41, 5.74) is 0.833. The van der Waals surface area contributed by atoms with Crippen molar-refractivity contribution in [3.8, 4) is 5.75 Å². The molecule has 1 N–H and O–H groups in total. The molecular formula is C17H19NO4S3. The van der Waals surface area contributed by atoms with Crippen LogP contribution in [-0.4, -0.2) is 50.9 Å². The highest BCUT2D eigenvalue weighted by Crippen LogP contribution is 2.35. The molecule has 1 saturated heterocycles. The Morgan fingerprint density at radius 1 is 1.44 bits per heavy atom. The fourth-order valence-corrected chi connectivity index (χ4v) is 4.14. The fourth-order valence-electron chi connectivity index (χ4n) is 2.32. The molecule has 2 rings (SSSR count). The number of thioether (sulfide) groups is 2. The van der Waals surface area contributed by atoms with Crippen LogP contribution in [0.2, 0.25) is 0 Å². The van der Waals surface area contributed by atoms with E-state index in [1.807, 2.05) is 37.4 Å². The number of amides is 1. The molecule has 1 amide bonds. The van der Waals surface area contributed by atoms with E-state index < -0.39 is 12.0 Å². The molecular weight excluding hydrogens is 378 g/mol. The van der Waals surface area contributed by atoms with E-state index in [1.165, 1.54) is 16.7 Å². The third kappa shape index (κ3) is 4.99. The maximum absolute atomic E-state index is 12.7. The van der Waals surface area contributed by atoms with Crippen LogP contribution in [0.5, 0.6) is 5.75 Å². The van der Waals surface area contributed by atoms with E-state index in [0.717, 1.165) is 23.1 Å². The number of carboxylic acid groups (broad SMARTS) is 1. The second-order valence-corrected chi connectivity index (χ2v) is 7.85. The average molecular weight is 398 g/mol. The molecule has 0 unspecified atom stereocenters. The van der Waals surface area contributed by atoms with Crippen molar-refractivity contribution in [2.75, 3.05) is 18.6 Å². The van der Waals surface area contributed by atoms with Crippen molar-refractivity contribution in [3.05, 3.63) is 34.7 Å². The maximum Gasteiger partial charge on any atom is 0.326 e. The molecule has 1 atom stereocenters. The summed E-state index contributed by atoms with van der Waals surface area (Å²) in [5, 5.41) is 9.45. The molecule has 0 bridgehead atoms. The summed E-state index contributed by atoms with van der Waals surface area (Å²) in [6.45, 7) is 2.50. The molecule has 1 aliphatic heterocycles. The van der Waals surface area contributed by atoms with Gasteiger partial charge in [0.2, 0.25) is 0 Å². The smallest absolute Gasteiger partial charge is 0.326 e. The molecule has 0 aromatic heterocycles. The number of ether oxygens (including phenoxy) is 1. The Labute approximate surface area is 160 Å². The van der Waals surface area contributed by atoms with E-state index in [0.29, 0.717) is 23.7 Å². The van der Waals surface area contributed by atoms with Crippen LogP contribution in [0.3, 0.4) is 0 Å². The molecule has 1 heterocycles. The monoisotopic (exact) mass is 397 g/mol. The van der Waals surface area contributed by atoms with Crippen LogP contribution < -0.4 is 4.74 Å². The third-order valence-electron chi connectivity index (χ3n) is 3.50. The van der Waals surface area contributed by atoms with E-state index in [-0.39, 0.29) is 10.2 Å². The van der Waals surface area contributed by atoms with Crippen molar-refractivity contribution in [1.82, 2.24) is 4.90 Å². The van der Waals surface area contributed by atoms with Gasteiger partial charge in [0.25, 0.3) is 5.91 Å². The molecule has 1 aromatic carbocycles. The zero-order valence-electron chi connectivity index (χ0n) is 13.9. The SMILES string of the molecule is CCOc1ccc(/C=C2\SC(=S)N([C@@H](CCSC)C(=O)O)C2=O)cc1. The first-order valence-electron chi connectivity index (χ1n) is 7.69. The lowest BCUT2D eigenvalue weighted by atomic mass is 10.1. The molecule has 0 aliphatic carbocycles. The number of rotatable bonds is 8. The molecule has 25 heavy (non-hydrogen) atoms. The zero-order valence-corrected chi connectivity index (χ0v) is 16.4. The number of nitrogens with zero attached hydrogens (tertiary/aromatic N) is 1. The number of carboxylic acids is 1. The van der Waals surface area contributed by atoms with Crippen molar-refractivity contribution in [1.29, 1.82) is 0 Å². The van der Waals surface area contributed by atoms with Gasteiger partial charge < -0.3 is 9.84 Å². The Morgan fingerprint density at radius 3 is 2.68 bits per heavy atom. The van der Waals surface area contributed by atoms with Crippen LogP contribution >= 0.6 is 35.7 Å². The second kappa shape index (κ2) is 9.26. The van der Waals surface area contributed by atoms with Crippen molar-refractivity contribution >= 4 is 58.0 Å². The minimum absolute atomic E-state index is 0.288. The highest BCUT2D eigenvalue weighted by molar-refractivity contribution is 8.26. The molecule has 0 spiro atoms. The summed E-state index contributed by atoms with van der Waals surface area (Å²) in [4.78, 5) is 25.9. The Bertz CT molecular complexity index is 688. The van der Waals surface area contributed by atoms with E-state index in [9.17, 15) is 14.7 Å². The minimum Gasteiger partial charge on any atom is -0.494 e. The van der Waals surface area contributed by atoms with Gasteiger partial charge in [-0.2, -0.15) is 11.8 Å². The largest absolute Gasteiger partial charge is 0.494 e. The Kier molecular flexibility index (Phi) is 7.34. The molecule has 0 saturated carbocycles. The van der Waals surface area contributed by atoms with Crippen molar-refractivity contribution in [3.63, 3.8) is 0 Å². The minimum atomic E-state index is -1.03. The summed E-state index contributed by atoms with van der Waals surface area (Å²) >= 11 is 7.93. The number of carbonyl (C=O) groups is 2. The van der Waals surface area contributed by atoms with Crippen LogP contribution in [0.15, 0.2) is 29.2 Å². The summed E-state index contributed by atoms with van der Waals surface area (Å²) in [5.74, 6) is 0.0200. The Hall–Kier alpha value is -1.51. The third-order valence-corrected chi connectivity index (χ3v) is 5.48. The first-order valence-corrected chi connectivity index (χ1v) is 10.3. The van der Waals surface area contributed by atoms with Gasteiger partial charge in [-0.3, -0.25) is 9.69 Å². The van der Waals surface area contributed by atoms with Crippen molar-refractivity contribution in [2.24, 2.45) is 0 Å². The van der Waals surface area contributed by atoms with E-state index in [2.05, 4.69) is 0 Å². The predicted molar refractivity (Wildman–Crippen MR) is 107 cm³/mol. The molecule has 0 radical (unpaired) electrons. The zero-order chi connectivity index (χ0) is 18.4. The van der Waals surface area contributed by atoms with Gasteiger partial charge in [-0.15, -0.1) is 0 Å². The number of hydrogen-bond donors (Lipinski definition) is 1. The van der Waals surface area contributed by atoms with Crippen LogP contribution in [0.1, 0.15) is 18.9 Å². The lowest BCUT2D eigenvalue weighted by Crippen LogP contribution is -2.44. The van der Waals surface area contributed by atoms with Gasteiger partial charge in [0.05, 0.1) is 11.5 Å². The predicted octanol–water partition coefficient (Wildman–Crippen LogP) is 3.49. The number of aliphatic carboxylic acids is 1. The van der Waals surface area contributed by atoms with E-state index in [4.69, 9.17) is 17.0 Å². The first-order chi connectivity index (χ1) is 12.0. The Morgan fingerprint density at radius 2 is 2.12 bits per heavy atom. The number of thiocarbonyl (C=S) groups is 1. The number of benzene rings is 1. The van der Waals surface area contributed by atoms with Gasteiger partial charge in [0.15, 0.2) is 0 Å². The standard InChI is InChI=1S/C17H19NO4S3/c1-3-22-12-6-4-11(5-7-12)10-14-15(19)18(17(23)25-14)13(16(20)21)8-9-24-2/h4-7,10,13H,3,8-9H2,1-2H3,(H,20,21)/b14-10-/t13-/m0/s1. The molecule has 1 fully saturated rings. The second-order valence-electron chi connectivity index (χ2n) is 5.19. The van der Waals surface area contributed by atoms with Gasteiger partial charge in [0, 0.05) is 0 Å². The van der Waals surface area contributed by atoms with E-state index >= 15 is 0 Å². The first kappa shape index (κ1) is 19.8. The van der Waals surface area contributed by atoms with E-state index in [1.54, 1.807) is 6.08 Å². The summed E-state index contributed by atoms with van der Waals surface area (Å²) in [6, 6.07) is 6.43. The fraction of sp³-hybridized carbons (Fsp3) is 0.353. The van der Waals surface area contributed by atoms with Gasteiger partial charge in [-0.1, -0.05) is 36.1 Å². The highest BCUT2D eigenvalue weighted by Gasteiger charge is 2.40. The van der Waals surface area contributed by atoms with Crippen LogP contribution in [0.25, 0.3) is 6.08 Å². The molecule has 5 nitrogen and oxygen atoms in total. The normalized spacial score (nSPS) is 17.2. The van der Waals surface area contributed by atoms with Gasteiger partial charge in [0.1, 0.15) is 16.1 Å². The maximum atomic E-state index is 12.7. The van der Waals surface area contributed by atoms with Crippen LogP contribution in [0, 0.1) is 0 Å². The summed E-state index contributed by atoms with van der Waals surface area (Å²) in [7, 11) is 0. The van der Waals surface area contributed by atoms with Crippen LogP contribution in [0.4, 0.5) is 0 Å². The molecule has 8 heteroatoms. The topological polar surface area (TPSA) is 66.8 Å².